The molecule has 0 heterocycles. The van der Waals surface area contributed by atoms with Crippen LogP contribution in [0.25, 0.3) is 0 Å². The van der Waals surface area contributed by atoms with Gasteiger partial charge in [-0.3, -0.25) is 4.79 Å². The molecule has 2 N–H and O–H groups in total. The Kier molecular flexibility index (Phi) is 5.81. The standard InChI is InChI=1S/C26H29ClFNO4S/c1-14-9-17-11-19(13-21(14)26(17,2)31)34(32,33)24-10-16(5-7-22(24)27)25(30)29-18-6-8-23(28)20(12-18)15-3-4-15/h5-8,10,12,14-15,17,19,21,31H,3-4,9,11,13H2,1-2H3,(H,29,30)/t14-,17?,19+,21+,26+/m0/s1. The average molecular weight is 506 g/mol. The van der Waals surface area contributed by atoms with E-state index in [0.717, 1.165) is 19.3 Å². The number of amides is 1. The zero-order chi connectivity index (χ0) is 24.4. The summed E-state index contributed by atoms with van der Waals surface area (Å²) >= 11 is 6.32. The molecule has 3 aliphatic carbocycles. The number of sulfone groups is 1. The minimum Gasteiger partial charge on any atom is -0.390 e. The molecule has 1 amide bonds. The molecule has 0 spiro atoms. The molecule has 1 unspecified atom stereocenters. The van der Waals surface area contributed by atoms with Crippen molar-refractivity contribution in [1.82, 2.24) is 0 Å². The van der Waals surface area contributed by atoms with E-state index < -0.39 is 26.6 Å². The Morgan fingerprint density at radius 1 is 1.15 bits per heavy atom. The SMILES string of the molecule is C[C@H]1CC2C[C@@H](S(=O)(=O)c3cc(C(=O)Nc4ccc(F)c(C5CC5)c4)ccc3Cl)C[C@H]1[C@]2(C)O. The van der Waals surface area contributed by atoms with E-state index in [-0.39, 0.29) is 45.0 Å². The maximum absolute atomic E-state index is 14.0. The molecule has 5 rings (SSSR count). The number of hydrogen-bond donors (Lipinski definition) is 2. The van der Waals surface area contributed by atoms with Crippen LogP contribution in [0.2, 0.25) is 5.02 Å². The zero-order valence-corrected chi connectivity index (χ0v) is 20.8. The molecule has 0 aliphatic heterocycles. The summed E-state index contributed by atoms with van der Waals surface area (Å²) in [7, 11) is -3.81. The number of fused-ring (bicyclic) bond motifs is 2. The molecular formula is C26H29ClFNO4S. The summed E-state index contributed by atoms with van der Waals surface area (Å²) in [6.45, 7) is 3.88. The second kappa shape index (κ2) is 8.32. The van der Waals surface area contributed by atoms with Crippen molar-refractivity contribution in [1.29, 1.82) is 0 Å². The predicted octanol–water partition coefficient (Wildman–Crippen LogP) is 5.57. The molecular weight excluding hydrogens is 477 g/mol. The maximum atomic E-state index is 14.0. The molecule has 5 atom stereocenters. The van der Waals surface area contributed by atoms with E-state index in [4.69, 9.17) is 11.6 Å². The van der Waals surface area contributed by atoms with Gasteiger partial charge >= 0.3 is 0 Å². The molecule has 182 valence electrons. The molecule has 2 bridgehead atoms. The smallest absolute Gasteiger partial charge is 0.255 e. The number of halogens is 2. The van der Waals surface area contributed by atoms with Crippen molar-refractivity contribution in [2.24, 2.45) is 17.8 Å². The van der Waals surface area contributed by atoms with Crippen LogP contribution in [0.4, 0.5) is 10.1 Å². The summed E-state index contributed by atoms with van der Waals surface area (Å²) in [5.41, 5.74) is 0.368. The summed E-state index contributed by atoms with van der Waals surface area (Å²) < 4.78 is 41.3. The lowest BCUT2D eigenvalue weighted by molar-refractivity contribution is -0.0466. The Balaban J connectivity index is 1.39. The first-order valence-corrected chi connectivity index (χ1v) is 13.8. The van der Waals surface area contributed by atoms with E-state index in [0.29, 0.717) is 24.1 Å². The molecule has 34 heavy (non-hydrogen) atoms. The van der Waals surface area contributed by atoms with Gasteiger partial charge in [-0.15, -0.1) is 0 Å². The normalized spacial score (nSPS) is 30.9. The molecule has 3 aliphatic rings. The summed E-state index contributed by atoms with van der Waals surface area (Å²) in [5.74, 6) is -0.486. The third kappa shape index (κ3) is 4.06. The van der Waals surface area contributed by atoms with Gasteiger partial charge < -0.3 is 10.4 Å². The molecule has 5 nitrogen and oxygen atoms in total. The third-order valence-electron chi connectivity index (χ3n) is 8.19. The van der Waals surface area contributed by atoms with Crippen molar-refractivity contribution in [3.05, 3.63) is 58.4 Å². The largest absolute Gasteiger partial charge is 0.390 e. The van der Waals surface area contributed by atoms with E-state index in [2.05, 4.69) is 12.2 Å². The van der Waals surface area contributed by atoms with Gasteiger partial charge in [-0.2, -0.15) is 0 Å². The Hall–Kier alpha value is -1.96. The summed E-state index contributed by atoms with van der Waals surface area (Å²) in [4.78, 5) is 12.9. The third-order valence-corrected chi connectivity index (χ3v) is 10.8. The lowest BCUT2D eigenvalue weighted by Gasteiger charge is -2.40. The van der Waals surface area contributed by atoms with Crippen molar-refractivity contribution < 1.29 is 22.7 Å². The number of benzene rings is 2. The van der Waals surface area contributed by atoms with Crippen LogP contribution in [0.5, 0.6) is 0 Å². The first-order valence-electron chi connectivity index (χ1n) is 11.8. The van der Waals surface area contributed by atoms with Crippen LogP contribution >= 0.6 is 11.6 Å². The quantitative estimate of drug-likeness (QED) is 0.556. The average Bonchev–Trinajstić information content (AvgIpc) is 3.60. The van der Waals surface area contributed by atoms with Crippen LogP contribution in [0.15, 0.2) is 41.3 Å². The predicted molar refractivity (Wildman–Crippen MR) is 129 cm³/mol. The fourth-order valence-corrected chi connectivity index (χ4v) is 8.44. The van der Waals surface area contributed by atoms with E-state index >= 15 is 0 Å². The fourth-order valence-electron chi connectivity index (χ4n) is 6.06. The van der Waals surface area contributed by atoms with Crippen LogP contribution in [0, 0.1) is 23.6 Å². The van der Waals surface area contributed by atoms with Gasteiger partial charge in [0.05, 0.1) is 20.8 Å². The van der Waals surface area contributed by atoms with E-state index in [1.807, 2.05) is 6.92 Å². The Labute approximate surface area is 204 Å². The van der Waals surface area contributed by atoms with Crippen molar-refractivity contribution in [2.75, 3.05) is 5.32 Å². The van der Waals surface area contributed by atoms with E-state index in [1.165, 1.54) is 30.3 Å². The number of nitrogens with one attached hydrogen (secondary N) is 1. The number of anilines is 1. The molecule has 0 radical (unpaired) electrons. The number of carbonyl (C=O) groups excluding carboxylic acids is 1. The van der Waals surface area contributed by atoms with Gasteiger partial charge in [-0.25, -0.2) is 12.8 Å². The molecule has 0 aromatic heterocycles. The summed E-state index contributed by atoms with van der Waals surface area (Å²) in [6, 6.07) is 8.73. The fraction of sp³-hybridized carbons (Fsp3) is 0.500. The highest BCUT2D eigenvalue weighted by molar-refractivity contribution is 7.92. The molecule has 0 saturated heterocycles. The van der Waals surface area contributed by atoms with Crippen LogP contribution in [-0.2, 0) is 9.84 Å². The van der Waals surface area contributed by atoms with Crippen LogP contribution in [0.1, 0.15) is 67.8 Å². The monoisotopic (exact) mass is 505 g/mol. The minimum absolute atomic E-state index is 0.0572. The van der Waals surface area contributed by atoms with Crippen molar-refractivity contribution >= 4 is 33.0 Å². The Bertz CT molecular complexity index is 1260. The van der Waals surface area contributed by atoms with E-state index in [1.54, 1.807) is 6.07 Å². The second-order valence-electron chi connectivity index (χ2n) is 10.5. The molecule has 2 aromatic carbocycles. The number of rotatable bonds is 5. The van der Waals surface area contributed by atoms with Crippen molar-refractivity contribution in [3.63, 3.8) is 0 Å². The zero-order valence-electron chi connectivity index (χ0n) is 19.2. The van der Waals surface area contributed by atoms with Crippen LogP contribution < -0.4 is 5.32 Å². The van der Waals surface area contributed by atoms with Gasteiger partial charge in [0.25, 0.3) is 5.91 Å². The van der Waals surface area contributed by atoms with Gasteiger partial charge in [0, 0.05) is 11.3 Å². The van der Waals surface area contributed by atoms with Gasteiger partial charge in [-0.05, 0) is 105 Å². The van der Waals surface area contributed by atoms with E-state index in [9.17, 15) is 22.7 Å². The van der Waals surface area contributed by atoms with Crippen molar-refractivity contribution in [3.8, 4) is 0 Å². The molecule has 2 aromatic rings. The number of carbonyl (C=O) groups is 1. The van der Waals surface area contributed by atoms with Gasteiger partial charge in [0.15, 0.2) is 9.84 Å². The minimum atomic E-state index is -3.81. The topological polar surface area (TPSA) is 83.5 Å². The van der Waals surface area contributed by atoms with Crippen molar-refractivity contribution in [2.45, 2.75) is 67.6 Å². The first kappa shape index (κ1) is 23.8. The van der Waals surface area contributed by atoms with Gasteiger partial charge in [0.2, 0.25) is 0 Å². The number of hydrogen-bond acceptors (Lipinski definition) is 4. The Morgan fingerprint density at radius 3 is 2.56 bits per heavy atom. The first-order chi connectivity index (χ1) is 16.0. The van der Waals surface area contributed by atoms with Gasteiger partial charge in [-0.1, -0.05) is 18.5 Å². The Morgan fingerprint density at radius 2 is 1.88 bits per heavy atom. The summed E-state index contributed by atoms with van der Waals surface area (Å²) in [6.07, 6.45) is 3.43. The molecule has 8 heteroatoms. The summed E-state index contributed by atoms with van der Waals surface area (Å²) in [5, 5.41) is 13.1. The molecule has 3 fully saturated rings. The van der Waals surface area contributed by atoms with Gasteiger partial charge in [0.1, 0.15) is 5.82 Å². The second-order valence-corrected chi connectivity index (χ2v) is 13.1. The van der Waals surface area contributed by atoms with Crippen LogP contribution in [0.3, 0.4) is 0 Å². The highest BCUT2D eigenvalue weighted by Gasteiger charge is 2.56. The highest BCUT2D eigenvalue weighted by Crippen LogP contribution is 2.54. The highest BCUT2D eigenvalue weighted by atomic mass is 35.5. The molecule has 3 saturated carbocycles. The maximum Gasteiger partial charge on any atom is 0.255 e. The number of aliphatic hydroxyl groups is 1. The lowest BCUT2D eigenvalue weighted by Crippen LogP contribution is -2.46. The lowest BCUT2D eigenvalue weighted by atomic mass is 9.74. The van der Waals surface area contributed by atoms with Crippen LogP contribution in [-0.4, -0.2) is 30.3 Å².